The largest absolute Gasteiger partial charge is 0.474 e. The summed E-state index contributed by atoms with van der Waals surface area (Å²) in [6, 6.07) is 24.5. The van der Waals surface area contributed by atoms with Gasteiger partial charge in [0, 0.05) is 107 Å². The zero-order valence-corrected chi connectivity index (χ0v) is 43.2. The molecule has 0 saturated carbocycles. The van der Waals surface area contributed by atoms with Gasteiger partial charge >= 0.3 is 0 Å². The zero-order valence-electron chi connectivity index (χ0n) is 42.4. The molecule has 0 radical (unpaired) electrons. The highest BCUT2D eigenvalue weighted by Crippen LogP contribution is 2.39. The maximum atomic E-state index is 14.2. The lowest BCUT2D eigenvalue weighted by Crippen LogP contribution is -2.54. The number of carbonyl (C=O) groups excluding carboxylic acids is 2. The number of thiazole rings is 1. The van der Waals surface area contributed by atoms with Gasteiger partial charge in [-0.25, -0.2) is 4.98 Å². The Balaban J connectivity index is 0.650. The van der Waals surface area contributed by atoms with E-state index >= 15 is 0 Å². The van der Waals surface area contributed by atoms with Crippen LogP contribution in [-0.2, 0) is 22.6 Å². The Morgan fingerprint density at radius 3 is 2.40 bits per heavy atom. The first-order valence-corrected chi connectivity index (χ1v) is 26.8. The summed E-state index contributed by atoms with van der Waals surface area (Å²) in [5, 5.41) is 26.7. The summed E-state index contributed by atoms with van der Waals surface area (Å²) in [4.78, 5) is 49.4. The number of carbonyl (C=O) groups is 2. The number of nitrogens with zero attached hydrogens (tertiary/aromatic N) is 10. The van der Waals surface area contributed by atoms with E-state index in [0.29, 0.717) is 42.7 Å². The number of anilines is 3. The first-order valence-electron chi connectivity index (χ1n) is 25.9. The molecule has 384 valence electrons. The average molecular weight is 1010 g/mol. The van der Waals surface area contributed by atoms with Crippen LogP contribution in [0.25, 0.3) is 21.7 Å². The number of ether oxygens (including phenoxy) is 1. The summed E-state index contributed by atoms with van der Waals surface area (Å²) in [6.07, 6.45) is 5.60. The van der Waals surface area contributed by atoms with E-state index in [1.807, 2.05) is 68.9 Å². The minimum Gasteiger partial charge on any atom is -0.474 e. The Morgan fingerprint density at radius 2 is 1.67 bits per heavy atom. The van der Waals surface area contributed by atoms with E-state index in [4.69, 9.17) is 20.0 Å². The molecule has 4 aliphatic rings. The third-order valence-electron chi connectivity index (χ3n) is 15.2. The van der Waals surface area contributed by atoms with Gasteiger partial charge in [0.05, 0.1) is 33.6 Å². The number of hydrogen-bond donors (Lipinski definition) is 3. The zero-order chi connectivity index (χ0) is 50.6. The normalized spacial score (nSPS) is 20.8. The predicted octanol–water partition coefficient (Wildman–Crippen LogP) is 6.35. The molecule has 4 N–H and O–H groups in total. The summed E-state index contributed by atoms with van der Waals surface area (Å²) < 4.78 is 11.8. The molecule has 4 aliphatic heterocycles. The molecule has 0 spiro atoms. The Morgan fingerprint density at radius 1 is 0.918 bits per heavy atom. The number of amides is 2. The molecular weight excluding hydrogens is 941 g/mol. The van der Waals surface area contributed by atoms with Crippen LogP contribution in [0.2, 0.25) is 0 Å². The molecule has 4 saturated heterocycles. The van der Waals surface area contributed by atoms with Crippen molar-refractivity contribution in [1.82, 2.24) is 45.3 Å². The van der Waals surface area contributed by atoms with E-state index in [2.05, 4.69) is 82.5 Å². The summed E-state index contributed by atoms with van der Waals surface area (Å²) in [5.41, 5.74) is 17.8. The van der Waals surface area contributed by atoms with Crippen LogP contribution in [0.5, 0.6) is 5.88 Å². The number of rotatable bonds is 18. The van der Waals surface area contributed by atoms with Gasteiger partial charge in [-0.3, -0.25) is 19.5 Å². The summed E-state index contributed by atoms with van der Waals surface area (Å²) in [5.74, 6) is -0.252. The fourth-order valence-electron chi connectivity index (χ4n) is 11.3. The lowest BCUT2D eigenvalue weighted by atomic mass is 9.91. The van der Waals surface area contributed by atoms with Crippen molar-refractivity contribution >= 4 is 40.3 Å². The van der Waals surface area contributed by atoms with Crippen molar-refractivity contribution in [3.8, 4) is 27.6 Å². The smallest absolute Gasteiger partial charge is 0.254 e. The fraction of sp³-hybridized carbons (Fsp3) is 0.473. The second-order valence-corrected chi connectivity index (χ2v) is 21.4. The summed E-state index contributed by atoms with van der Waals surface area (Å²) in [7, 11) is 0. The van der Waals surface area contributed by atoms with Gasteiger partial charge in [0.15, 0.2) is 11.6 Å². The van der Waals surface area contributed by atoms with Gasteiger partial charge in [0.25, 0.3) is 5.88 Å². The van der Waals surface area contributed by atoms with Gasteiger partial charge < -0.3 is 45.0 Å². The van der Waals surface area contributed by atoms with Crippen molar-refractivity contribution in [3.63, 3.8) is 0 Å². The van der Waals surface area contributed by atoms with Crippen LogP contribution in [0.3, 0.4) is 0 Å². The van der Waals surface area contributed by atoms with Crippen LogP contribution in [0, 0.1) is 19.8 Å². The number of β-amino-alcohol motifs (C(OH)–C–C–N with tert-alkyl or cyclic N) is 1. The molecule has 18 heteroatoms. The Bertz CT molecular complexity index is 2830. The molecule has 10 rings (SSSR count). The van der Waals surface area contributed by atoms with E-state index in [9.17, 15) is 14.7 Å². The number of aromatic nitrogens is 5. The molecule has 17 nitrogen and oxygen atoms in total. The van der Waals surface area contributed by atoms with Gasteiger partial charge in [-0.15, -0.1) is 21.5 Å². The number of likely N-dealkylation sites (tertiary alicyclic amines) is 1. The summed E-state index contributed by atoms with van der Waals surface area (Å²) in [6.45, 7) is 16.2. The quantitative estimate of drug-likeness (QED) is 0.0861. The standard InChI is InChI=1S/C55H68N12O5S/c1-35(2)51(55(70)66-33-44(68)27-48(66)54(69)58-30-38-11-13-39(14-12-38)52-37(4)59-34-73-52)49-29-50(62-72-49)71-25-24-64-22-20-63(21-23-64)19-7-9-40-26-41(17-18-57-40)67-42-15-16-43(67)32-65(31-42)47-28-46(60-61-53(47)56)45-10-6-5-8-36(45)3/h5-6,8,10-14,17-18,26,28-29,34-35,42-44,48,51,68H,7,9,15-16,19-25,27,30-33H2,1-4H3,(H2,56,61)(H,58,69)/t42?,43?,44-,48+,51?/m1/s1. The summed E-state index contributed by atoms with van der Waals surface area (Å²) >= 11 is 1.60. The number of nitrogens with two attached hydrogens (primary N) is 1. The highest BCUT2D eigenvalue weighted by Gasteiger charge is 2.44. The monoisotopic (exact) mass is 1010 g/mol. The second kappa shape index (κ2) is 22.3. The highest BCUT2D eigenvalue weighted by molar-refractivity contribution is 7.13. The van der Waals surface area contributed by atoms with Crippen LogP contribution in [0.1, 0.15) is 73.7 Å². The van der Waals surface area contributed by atoms with Crippen molar-refractivity contribution in [2.75, 3.05) is 81.0 Å². The molecule has 2 amide bonds. The minimum atomic E-state index is -0.807. The molecule has 4 aromatic heterocycles. The van der Waals surface area contributed by atoms with E-state index in [1.165, 1.54) is 16.2 Å². The molecule has 3 unspecified atom stereocenters. The molecule has 73 heavy (non-hydrogen) atoms. The molecule has 2 aromatic carbocycles. The third-order valence-corrected chi connectivity index (χ3v) is 16.2. The van der Waals surface area contributed by atoms with Gasteiger partial charge in [-0.2, -0.15) is 0 Å². The van der Waals surface area contributed by atoms with E-state index < -0.39 is 18.1 Å². The number of aliphatic hydroxyl groups is 1. The van der Waals surface area contributed by atoms with Gasteiger partial charge in [0.1, 0.15) is 18.6 Å². The van der Waals surface area contributed by atoms with Crippen LogP contribution >= 0.6 is 11.3 Å². The van der Waals surface area contributed by atoms with Crippen molar-refractivity contribution in [2.24, 2.45) is 5.92 Å². The number of nitrogens with one attached hydrogen (secondary N) is 1. The number of hydrogen-bond acceptors (Lipinski definition) is 16. The topological polar surface area (TPSA) is 195 Å². The van der Waals surface area contributed by atoms with Gasteiger partial charge in [-0.1, -0.05) is 62.4 Å². The minimum absolute atomic E-state index is 0.0688. The van der Waals surface area contributed by atoms with Crippen LogP contribution in [-0.4, -0.2) is 147 Å². The van der Waals surface area contributed by atoms with Crippen molar-refractivity contribution in [2.45, 2.75) is 96.5 Å². The Kier molecular flexibility index (Phi) is 15.3. The molecule has 4 fully saturated rings. The molecule has 6 aromatic rings. The predicted molar refractivity (Wildman–Crippen MR) is 283 cm³/mol. The molecule has 0 aliphatic carbocycles. The highest BCUT2D eigenvalue weighted by atomic mass is 32.1. The number of aliphatic hydroxyl groups excluding tert-OH is 1. The fourth-order valence-corrected chi connectivity index (χ4v) is 12.1. The second-order valence-electron chi connectivity index (χ2n) is 20.5. The molecular formula is C55H68N12O5S. The van der Waals surface area contributed by atoms with E-state index in [-0.39, 0.29) is 30.7 Å². The average Bonchev–Trinajstić information content (AvgIpc) is 4.20. The van der Waals surface area contributed by atoms with Crippen molar-refractivity contribution < 1.29 is 24.0 Å². The molecule has 2 bridgehead atoms. The molecule has 5 atom stereocenters. The maximum Gasteiger partial charge on any atom is 0.254 e. The van der Waals surface area contributed by atoms with Crippen molar-refractivity contribution in [1.29, 1.82) is 0 Å². The maximum absolute atomic E-state index is 14.2. The van der Waals surface area contributed by atoms with Crippen LogP contribution in [0.4, 0.5) is 17.2 Å². The van der Waals surface area contributed by atoms with Crippen LogP contribution < -0.4 is 25.6 Å². The number of aryl methyl sites for hydroxylation is 3. The van der Waals surface area contributed by atoms with Crippen molar-refractivity contribution in [3.05, 3.63) is 113 Å². The first-order chi connectivity index (χ1) is 35.4. The SMILES string of the molecule is Cc1ccccc1-c1cc(N2CC3CCC(C2)N3c2ccnc(CCCN3CCN(CCOc4cc(C(C(=O)N5C[C@H](O)C[C@H]5C(=O)NCc5ccc(-c6scnc6C)cc5)C(C)C)on4)CC3)c2)c(N)nn1. The van der Waals surface area contributed by atoms with Gasteiger partial charge in [0.2, 0.25) is 11.8 Å². The Labute approximate surface area is 431 Å². The number of nitrogen functional groups attached to an aromatic ring is 1. The lowest BCUT2D eigenvalue weighted by molar-refractivity contribution is -0.141. The van der Waals surface area contributed by atoms with E-state index in [1.54, 1.807) is 17.4 Å². The Hall–Kier alpha value is -6.47. The van der Waals surface area contributed by atoms with Gasteiger partial charge in [-0.05, 0) is 92.0 Å². The number of fused-ring (bicyclic) bond motifs is 2. The number of benzene rings is 2. The third kappa shape index (κ3) is 11.4. The number of pyridine rings is 1. The molecule has 8 heterocycles. The van der Waals surface area contributed by atoms with E-state index in [0.717, 1.165) is 122 Å². The van der Waals surface area contributed by atoms with Crippen LogP contribution in [0.15, 0.2) is 89.0 Å². The first kappa shape index (κ1) is 50.1. The number of piperazine rings is 2. The lowest BCUT2D eigenvalue weighted by Gasteiger charge is -2.43.